The number of rotatable bonds is 7. The van der Waals surface area contributed by atoms with Crippen LogP contribution < -0.4 is 15.5 Å². The van der Waals surface area contributed by atoms with Gasteiger partial charge in [-0.05, 0) is 104 Å². The number of hydrogen-bond acceptors (Lipinski definition) is 4. The van der Waals surface area contributed by atoms with Crippen molar-refractivity contribution in [3.63, 3.8) is 0 Å². The number of thiocarbonyl (C=S) groups is 1. The lowest BCUT2D eigenvalue weighted by molar-refractivity contribution is -0.119. The smallest absolute Gasteiger partial charge is 0.250 e. The highest BCUT2D eigenvalue weighted by atomic mass is 32.1. The lowest BCUT2D eigenvalue weighted by Gasteiger charge is -2.29. The molecule has 3 heterocycles. The van der Waals surface area contributed by atoms with Gasteiger partial charge in [-0.2, -0.15) is 0 Å². The van der Waals surface area contributed by atoms with E-state index in [1.165, 1.54) is 18.2 Å². The Labute approximate surface area is 228 Å². The Morgan fingerprint density at radius 3 is 2.50 bits per heavy atom. The van der Waals surface area contributed by atoms with E-state index >= 15 is 0 Å². The summed E-state index contributed by atoms with van der Waals surface area (Å²) in [7, 11) is 1.50. The van der Waals surface area contributed by atoms with Crippen molar-refractivity contribution < 1.29 is 9.53 Å². The Hall–Kier alpha value is -4.01. The highest BCUT2D eigenvalue weighted by Gasteiger charge is 2.42. The molecular weight excluding hydrogens is 494 g/mol. The van der Waals surface area contributed by atoms with Crippen LogP contribution in [0.5, 0.6) is 0 Å². The average Bonchev–Trinajstić information content (AvgIpc) is 3.52. The number of pyridine rings is 1. The van der Waals surface area contributed by atoms with Crippen LogP contribution >= 0.6 is 12.2 Å². The van der Waals surface area contributed by atoms with Crippen molar-refractivity contribution in [2.24, 2.45) is 0 Å². The molecule has 1 aliphatic heterocycles. The van der Waals surface area contributed by atoms with Crippen LogP contribution in [0.15, 0.2) is 79.1 Å². The Morgan fingerprint density at radius 2 is 1.79 bits per heavy atom. The second-order valence-electron chi connectivity index (χ2n) is 9.55. The molecule has 194 valence electrons. The van der Waals surface area contributed by atoms with E-state index in [4.69, 9.17) is 17.0 Å². The van der Waals surface area contributed by atoms with E-state index in [1.807, 2.05) is 49.5 Å². The van der Waals surface area contributed by atoms with Gasteiger partial charge < -0.3 is 24.8 Å². The molecule has 0 saturated carbocycles. The molecule has 2 N–H and O–H groups in total. The molecule has 1 fully saturated rings. The SMILES string of the molecule is COCC(=O)Nc1ccc(N2C(=S)NC(c3ccccn3)C2c2cccn2-c2ccc(C)c(C)c2)cc1C. The average molecular weight is 526 g/mol. The zero-order chi connectivity index (χ0) is 26.8. The molecule has 1 saturated heterocycles. The number of aryl methyl sites for hydroxylation is 3. The highest BCUT2D eigenvalue weighted by molar-refractivity contribution is 7.80. The predicted molar refractivity (Wildman–Crippen MR) is 155 cm³/mol. The van der Waals surface area contributed by atoms with Gasteiger partial charge in [0.2, 0.25) is 5.91 Å². The van der Waals surface area contributed by atoms with Crippen molar-refractivity contribution in [3.8, 4) is 5.69 Å². The number of amides is 1. The van der Waals surface area contributed by atoms with Gasteiger partial charge in [0.15, 0.2) is 5.11 Å². The minimum Gasteiger partial charge on any atom is -0.375 e. The van der Waals surface area contributed by atoms with Crippen molar-refractivity contribution in [3.05, 3.63) is 107 Å². The zero-order valence-corrected chi connectivity index (χ0v) is 22.8. The first-order chi connectivity index (χ1) is 18.4. The van der Waals surface area contributed by atoms with Gasteiger partial charge in [-0.3, -0.25) is 9.78 Å². The number of benzene rings is 2. The third-order valence-corrected chi connectivity index (χ3v) is 7.30. The van der Waals surface area contributed by atoms with Gasteiger partial charge in [-0.15, -0.1) is 0 Å². The van der Waals surface area contributed by atoms with Gasteiger partial charge in [0.05, 0.1) is 11.7 Å². The molecule has 2 aromatic heterocycles. The van der Waals surface area contributed by atoms with Gasteiger partial charge in [-0.25, -0.2) is 0 Å². The molecule has 7 nitrogen and oxygen atoms in total. The number of ether oxygens (including phenoxy) is 1. The zero-order valence-electron chi connectivity index (χ0n) is 21.9. The lowest BCUT2D eigenvalue weighted by atomic mass is 10.00. The quantitative estimate of drug-likeness (QED) is 0.308. The van der Waals surface area contributed by atoms with Crippen molar-refractivity contribution in [2.45, 2.75) is 32.9 Å². The first-order valence-electron chi connectivity index (χ1n) is 12.5. The first kappa shape index (κ1) is 25.6. The third-order valence-electron chi connectivity index (χ3n) is 6.99. The van der Waals surface area contributed by atoms with E-state index in [0.29, 0.717) is 5.11 Å². The third kappa shape index (κ3) is 4.92. The largest absolute Gasteiger partial charge is 0.375 e. The fraction of sp³-hybridized carbons (Fsp3) is 0.233. The maximum absolute atomic E-state index is 12.1. The van der Waals surface area contributed by atoms with Gasteiger partial charge in [0.1, 0.15) is 12.6 Å². The fourth-order valence-electron chi connectivity index (χ4n) is 4.93. The number of nitrogens with zero attached hydrogens (tertiary/aromatic N) is 3. The van der Waals surface area contributed by atoms with Gasteiger partial charge >= 0.3 is 0 Å². The number of anilines is 2. The molecule has 4 aromatic rings. The van der Waals surface area contributed by atoms with Crippen LogP contribution in [0.25, 0.3) is 5.69 Å². The molecule has 8 heteroatoms. The molecule has 2 aromatic carbocycles. The number of nitrogens with one attached hydrogen (secondary N) is 2. The standard InChI is InChI=1S/C30H31N5O2S/c1-19-10-11-22(16-20(19)2)34-15-7-9-26(34)29-28(25-8-5-6-14-31-25)33-30(38)35(29)23-12-13-24(21(3)17-23)32-27(36)18-37-4/h5-17,28-29H,18H2,1-4H3,(H,32,36)(H,33,38). The number of carbonyl (C=O) groups excluding carboxylic acids is 1. The minimum atomic E-state index is -0.193. The second kappa shape index (κ2) is 10.8. The molecule has 2 unspecified atom stereocenters. The summed E-state index contributed by atoms with van der Waals surface area (Å²) in [4.78, 5) is 18.9. The summed E-state index contributed by atoms with van der Waals surface area (Å²) in [5.74, 6) is -0.193. The summed E-state index contributed by atoms with van der Waals surface area (Å²) in [6, 6.07) is 22.3. The topological polar surface area (TPSA) is 71.4 Å². The molecule has 38 heavy (non-hydrogen) atoms. The van der Waals surface area contributed by atoms with Crippen LogP contribution in [0.2, 0.25) is 0 Å². The maximum Gasteiger partial charge on any atom is 0.250 e. The molecule has 0 aliphatic carbocycles. The van der Waals surface area contributed by atoms with Gasteiger partial charge in [0, 0.05) is 42.3 Å². The van der Waals surface area contributed by atoms with Crippen LogP contribution in [-0.2, 0) is 9.53 Å². The first-order valence-corrected chi connectivity index (χ1v) is 12.9. The number of hydrogen-bond donors (Lipinski definition) is 2. The molecule has 0 bridgehead atoms. The van der Waals surface area contributed by atoms with Crippen LogP contribution in [0.1, 0.15) is 40.2 Å². The fourth-order valence-corrected chi connectivity index (χ4v) is 5.28. The number of carbonyl (C=O) groups is 1. The summed E-state index contributed by atoms with van der Waals surface area (Å²) in [5, 5.41) is 7.06. The van der Waals surface area contributed by atoms with E-state index in [2.05, 4.69) is 75.5 Å². The Balaban J connectivity index is 1.59. The molecule has 5 rings (SSSR count). The molecule has 0 radical (unpaired) electrons. The molecular formula is C30H31N5O2S. The monoisotopic (exact) mass is 525 g/mol. The Bertz CT molecular complexity index is 1480. The summed E-state index contributed by atoms with van der Waals surface area (Å²) >= 11 is 5.92. The van der Waals surface area contributed by atoms with Crippen LogP contribution in [0.4, 0.5) is 11.4 Å². The van der Waals surface area contributed by atoms with Crippen LogP contribution in [0.3, 0.4) is 0 Å². The van der Waals surface area contributed by atoms with Crippen LogP contribution in [-0.4, -0.2) is 34.3 Å². The van der Waals surface area contributed by atoms with Gasteiger partial charge in [-0.1, -0.05) is 12.1 Å². The van der Waals surface area contributed by atoms with E-state index in [9.17, 15) is 4.79 Å². The normalized spacial score (nSPS) is 16.9. The highest BCUT2D eigenvalue weighted by Crippen LogP contribution is 2.43. The lowest BCUT2D eigenvalue weighted by Crippen LogP contribution is -2.30. The summed E-state index contributed by atoms with van der Waals surface area (Å²) in [6.45, 7) is 6.23. The summed E-state index contributed by atoms with van der Waals surface area (Å²) < 4.78 is 7.18. The van der Waals surface area contributed by atoms with E-state index in [0.717, 1.165) is 34.0 Å². The predicted octanol–water partition coefficient (Wildman–Crippen LogP) is 5.56. The number of methoxy groups -OCH3 is 1. The van der Waals surface area contributed by atoms with Gasteiger partial charge in [0.25, 0.3) is 0 Å². The van der Waals surface area contributed by atoms with Crippen molar-refractivity contribution in [2.75, 3.05) is 23.9 Å². The Morgan fingerprint density at radius 1 is 1.00 bits per heavy atom. The number of aromatic nitrogens is 2. The Kier molecular flexibility index (Phi) is 7.26. The van der Waals surface area contributed by atoms with Crippen molar-refractivity contribution in [1.82, 2.24) is 14.9 Å². The maximum atomic E-state index is 12.1. The van der Waals surface area contributed by atoms with E-state index in [-0.39, 0.29) is 24.6 Å². The molecule has 2 atom stereocenters. The molecule has 0 spiro atoms. The molecule has 1 aliphatic rings. The summed E-state index contributed by atoms with van der Waals surface area (Å²) in [6.07, 6.45) is 3.90. The van der Waals surface area contributed by atoms with Crippen molar-refractivity contribution in [1.29, 1.82) is 0 Å². The van der Waals surface area contributed by atoms with E-state index in [1.54, 1.807) is 0 Å². The summed E-state index contributed by atoms with van der Waals surface area (Å²) in [5.41, 5.74) is 8.19. The van der Waals surface area contributed by atoms with Crippen molar-refractivity contribution >= 4 is 34.6 Å². The minimum absolute atomic E-state index is 0.00459. The second-order valence-corrected chi connectivity index (χ2v) is 9.94. The van der Waals surface area contributed by atoms with E-state index < -0.39 is 0 Å². The molecule has 1 amide bonds. The van der Waals surface area contributed by atoms with Crippen LogP contribution in [0, 0.1) is 20.8 Å².